The van der Waals surface area contributed by atoms with Crippen LogP contribution < -0.4 is 10.6 Å². The molecule has 0 atom stereocenters. The first-order valence-corrected chi connectivity index (χ1v) is 6.80. The highest BCUT2D eigenvalue weighted by Gasteiger charge is 2.27. The standard InChI is InChI=1S/C11H11Br2F3N2O/c1-6-2-7(12)10(8(13)3-6)17-4-9(19)18-5-11(14,15)16/h2-3,17H,4-5H2,1H3,(H,18,19). The van der Waals surface area contributed by atoms with Gasteiger partial charge in [0, 0.05) is 8.95 Å². The van der Waals surface area contributed by atoms with Crippen LogP contribution in [0.1, 0.15) is 5.56 Å². The number of rotatable bonds is 4. The highest BCUT2D eigenvalue weighted by molar-refractivity contribution is 9.11. The van der Waals surface area contributed by atoms with Gasteiger partial charge in [-0.05, 0) is 56.5 Å². The third kappa shape index (κ3) is 5.82. The average molecular weight is 404 g/mol. The molecule has 3 nitrogen and oxygen atoms in total. The third-order valence-corrected chi connectivity index (χ3v) is 3.35. The van der Waals surface area contributed by atoms with E-state index in [1.54, 1.807) is 5.32 Å². The molecule has 2 N–H and O–H groups in total. The number of alkyl halides is 3. The Morgan fingerprint density at radius 2 is 1.79 bits per heavy atom. The molecule has 0 fully saturated rings. The molecule has 0 aromatic heterocycles. The summed E-state index contributed by atoms with van der Waals surface area (Å²) in [5.41, 5.74) is 1.62. The molecule has 0 unspecified atom stereocenters. The van der Waals surface area contributed by atoms with Crippen molar-refractivity contribution in [2.75, 3.05) is 18.4 Å². The maximum Gasteiger partial charge on any atom is 0.405 e. The molecule has 0 spiro atoms. The van der Waals surface area contributed by atoms with Crippen LogP contribution in [0.5, 0.6) is 0 Å². The highest BCUT2D eigenvalue weighted by atomic mass is 79.9. The number of aryl methyl sites for hydroxylation is 1. The number of hydrogen-bond acceptors (Lipinski definition) is 2. The number of carbonyl (C=O) groups is 1. The minimum Gasteiger partial charge on any atom is -0.374 e. The van der Waals surface area contributed by atoms with Gasteiger partial charge in [-0.3, -0.25) is 4.79 Å². The summed E-state index contributed by atoms with van der Waals surface area (Å²) in [6.45, 7) is 0.329. The van der Waals surface area contributed by atoms with Crippen molar-refractivity contribution in [3.63, 3.8) is 0 Å². The molecule has 1 amide bonds. The number of hydrogen-bond donors (Lipinski definition) is 2. The van der Waals surface area contributed by atoms with Crippen LogP contribution in [0.2, 0.25) is 0 Å². The fourth-order valence-electron chi connectivity index (χ4n) is 1.30. The van der Waals surface area contributed by atoms with Crippen LogP contribution >= 0.6 is 31.9 Å². The summed E-state index contributed by atoms with van der Waals surface area (Å²) in [5, 5.41) is 4.56. The Bertz CT molecular complexity index is 454. The van der Waals surface area contributed by atoms with Crippen LogP contribution in [-0.2, 0) is 4.79 Å². The fraction of sp³-hybridized carbons (Fsp3) is 0.364. The molecular weight excluding hydrogens is 393 g/mol. The van der Waals surface area contributed by atoms with E-state index in [0.717, 1.165) is 14.5 Å². The van der Waals surface area contributed by atoms with Gasteiger partial charge in [-0.25, -0.2) is 0 Å². The smallest absolute Gasteiger partial charge is 0.374 e. The summed E-state index contributed by atoms with van der Waals surface area (Å²) >= 11 is 6.63. The van der Waals surface area contributed by atoms with Crippen LogP contribution in [-0.4, -0.2) is 25.2 Å². The van der Waals surface area contributed by atoms with E-state index in [-0.39, 0.29) is 6.54 Å². The van der Waals surface area contributed by atoms with Crippen molar-refractivity contribution in [3.05, 3.63) is 26.6 Å². The van der Waals surface area contributed by atoms with Gasteiger partial charge in [-0.15, -0.1) is 0 Å². The van der Waals surface area contributed by atoms with Gasteiger partial charge in [0.05, 0.1) is 12.2 Å². The Morgan fingerprint density at radius 3 is 2.26 bits per heavy atom. The molecule has 0 saturated carbocycles. The summed E-state index contributed by atoms with van der Waals surface area (Å²) in [4.78, 5) is 11.2. The second-order valence-electron chi connectivity index (χ2n) is 3.85. The largest absolute Gasteiger partial charge is 0.405 e. The number of anilines is 1. The second-order valence-corrected chi connectivity index (χ2v) is 5.56. The van der Waals surface area contributed by atoms with Gasteiger partial charge in [-0.1, -0.05) is 0 Å². The van der Waals surface area contributed by atoms with Gasteiger partial charge >= 0.3 is 6.18 Å². The summed E-state index contributed by atoms with van der Waals surface area (Å²) in [7, 11) is 0. The van der Waals surface area contributed by atoms with Gasteiger partial charge in [0.15, 0.2) is 0 Å². The SMILES string of the molecule is Cc1cc(Br)c(NCC(=O)NCC(F)(F)F)c(Br)c1. The number of halogens is 5. The van der Waals surface area contributed by atoms with Crippen molar-refractivity contribution in [2.24, 2.45) is 0 Å². The minimum atomic E-state index is -4.40. The van der Waals surface area contributed by atoms with Crippen molar-refractivity contribution >= 4 is 43.5 Å². The third-order valence-electron chi connectivity index (χ3n) is 2.10. The summed E-state index contributed by atoms with van der Waals surface area (Å²) < 4.78 is 37.2. The highest BCUT2D eigenvalue weighted by Crippen LogP contribution is 2.32. The lowest BCUT2D eigenvalue weighted by Crippen LogP contribution is -2.37. The molecule has 0 aliphatic heterocycles. The summed E-state index contributed by atoms with van der Waals surface area (Å²) in [5.74, 6) is -0.725. The Morgan fingerprint density at radius 1 is 1.26 bits per heavy atom. The van der Waals surface area contributed by atoms with Crippen molar-refractivity contribution < 1.29 is 18.0 Å². The number of carbonyl (C=O) groups excluding carboxylic acids is 1. The predicted molar refractivity (Wildman–Crippen MR) is 74.1 cm³/mol. The Labute approximate surface area is 125 Å². The van der Waals surface area contributed by atoms with E-state index < -0.39 is 18.6 Å². The van der Waals surface area contributed by atoms with Crippen LogP contribution in [0.3, 0.4) is 0 Å². The Balaban J connectivity index is 2.56. The zero-order valence-corrected chi connectivity index (χ0v) is 13.0. The zero-order valence-electron chi connectivity index (χ0n) is 9.87. The van der Waals surface area contributed by atoms with Crippen molar-refractivity contribution in [1.29, 1.82) is 0 Å². The molecule has 1 aromatic carbocycles. The second kappa shape index (κ2) is 6.60. The first-order chi connectivity index (χ1) is 8.69. The lowest BCUT2D eigenvalue weighted by atomic mass is 10.2. The van der Waals surface area contributed by atoms with Crippen LogP contribution in [0, 0.1) is 6.92 Å². The molecule has 8 heteroatoms. The molecule has 1 rings (SSSR count). The summed E-state index contributed by atoms with van der Waals surface area (Å²) in [6, 6.07) is 3.67. The van der Waals surface area contributed by atoms with E-state index in [1.807, 2.05) is 19.1 Å². The fourth-order valence-corrected chi connectivity index (χ4v) is 2.99. The number of nitrogens with one attached hydrogen (secondary N) is 2. The van der Waals surface area contributed by atoms with Gasteiger partial charge in [0.1, 0.15) is 6.54 Å². The molecule has 0 aliphatic rings. The van der Waals surface area contributed by atoms with Gasteiger partial charge in [0.25, 0.3) is 0 Å². The maximum atomic E-state index is 11.9. The van der Waals surface area contributed by atoms with Crippen LogP contribution in [0.4, 0.5) is 18.9 Å². The maximum absolute atomic E-state index is 11.9. The number of benzene rings is 1. The Hall–Kier alpha value is -0.760. The lowest BCUT2D eigenvalue weighted by Gasteiger charge is -2.12. The molecule has 1 aromatic rings. The zero-order chi connectivity index (χ0) is 14.6. The number of amides is 1. The minimum absolute atomic E-state index is 0.240. The van der Waals surface area contributed by atoms with E-state index in [9.17, 15) is 18.0 Å². The molecule has 0 bridgehead atoms. The molecule has 0 aliphatic carbocycles. The van der Waals surface area contributed by atoms with Crippen LogP contribution in [0.25, 0.3) is 0 Å². The molecule has 0 heterocycles. The van der Waals surface area contributed by atoms with Crippen molar-refractivity contribution in [1.82, 2.24) is 5.32 Å². The topological polar surface area (TPSA) is 41.1 Å². The van der Waals surface area contributed by atoms with Crippen molar-refractivity contribution in [3.8, 4) is 0 Å². The first kappa shape index (κ1) is 16.3. The van der Waals surface area contributed by atoms with E-state index >= 15 is 0 Å². The van der Waals surface area contributed by atoms with E-state index in [2.05, 4.69) is 37.2 Å². The van der Waals surface area contributed by atoms with E-state index in [0.29, 0.717) is 5.69 Å². The molecule has 19 heavy (non-hydrogen) atoms. The normalized spacial score (nSPS) is 11.3. The summed E-state index contributed by atoms with van der Waals surface area (Å²) in [6.07, 6.45) is -4.40. The van der Waals surface area contributed by atoms with Gasteiger partial charge < -0.3 is 10.6 Å². The van der Waals surface area contributed by atoms with Gasteiger partial charge in [0.2, 0.25) is 5.91 Å². The quantitative estimate of drug-likeness (QED) is 0.806. The molecule has 106 valence electrons. The van der Waals surface area contributed by atoms with E-state index in [4.69, 9.17) is 0 Å². The van der Waals surface area contributed by atoms with Gasteiger partial charge in [-0.2, -0.15) is 13.2 Å². The monoisotopic (exact) mass is 402 g/mol. The molecule has 0 radical (unpaired) electrons. The first-order valence-electron chi connectivity index (χ1n) is 5.22. The van der Waals surface area contributed by atoms with Crippen LogP contribution in [0.15, 0.2) is 21.1 Å². The molecule has 0 saturated heterocycles. The Kier molecular flexibility index (Phi) is 5.66. The van der Waals surface area contributed by atoms with E-state index in [1.165, 1.54) is 0 Å². The predicted octanol–water partition coefficient (Wildman–Crippen LogP) is 3.61. The average Bonchev–Trinajstić information content (AvgIpc) is 2.23. The van der Waals surface area contributed by atoms with Crippen molar-refractivity contribution in [2.45, 2.75) is 13.1 Å². The molecular formula is C11H11Br2F3N2O. The lowest BCUT2D eigenvalue weighted by molar-refractivity contribution is -0.137.